The second kappa shape index (κ2) is 7.61. The molecular formula is C16H22ClN3O2. The molecule has 22 heavy (non-hydrogen) atoms. The third-order valence-electron chi connectivity index (χ3n) is 4.30. The number of hydrogen-bond donors (Lipinski definition) is 2. The number of nitrogens with one attached hydrogen (secondary N) is 2. The van der Waals surface area contributed by atoms with Crippen molar-refractivity contribution < 1.29 is 9.59 Å². The summed E-state index contributed by atoms with van der Waals surface area (Å²) in [6, 6.07) is 9.25. The van der Waals surface area contributed by atoms with Gasteiger partial charge < -0.3 is 15.5 Å². The van der Waals surface area contributed by atoms with Crippen molar-refractivity contribution in [2.24, 2.45) is 5.92 Å². The topological polar surface area (TPSA) is 61.4 Å². The molecule has 2 amide bonds. The van der Waals surface area contributed by atoms with E-state index < -0.39 is 0 Å². The number of carbonyl (C=O) groups is 2. The fourth-order valence-corrected chi connectivity index (χ4v) is 3.05. The first-order valence-electron chi connectivity index (χ1n) is 7.63. The van der Waals surface area contributed by atoms with Crippen molar-refractivity contribution >= 4 is 29.9 Å². The summed E-state index contributed by atoms with van der Waals surface area (Å²) in [6.07, 6.45) is 2.40. The number of benzene rings is 1. The third-order valence-corrected chi connectivity index (χ3v) is 4.30. The Kier molecular flexibility index (Phi) is 5.80. The Labute approximate surface area is 136 Å². The zero-order valence-corrected chi connectivity index (χ0v) is 13.3. The van der Waals surface area contributed by atoms with Crippen LogP contribution in [0.25, 0.3) is 0 Å². The van der Waals surface area contributed by atoms with Gasteiger partial charge >= 0.3 is 0 Å². The number of piperidine rings is 1. The molecule has 2 aliphatic heterocycles. The molecule has 6 heteroatoms. The van der Waals surface area contributed by atoms with E-state index in [0.717, 1.165) is 31.6 Å². The second-order valence-electron chi connectivity index (χ2n) is 5.70. The maximum absolute atomic E-state index is 12.4. The molecule has 3 rings (SSSR count). The van der Waals surface area contributed by atoms with Crippen LogP contribution >= 0.6 is 12.4 Å². The first-order chi connectivity index (χ1) is 10.3. The van der Waals surface area contributed by atoms with Crippen LogP contribution in [-0.2, 0) is 9.59 Å². The highest BCUT2D eigenvalue weighted by Gasteiger charge is 2.34. The number of halogens is 1. The average Bonchev–Trinajstić information content (AvgIpc) is 2.90. The molecular weight excluding hydrogens is 302 g/mol. The molecule has 5 nitrogen and oxygen atoms in total. The fourth-order valence-electron chi connectivity index (χ4n) is 3.05. The van der Waals surface area contributed by atoms with Gasteiger partial charge in [-0.2, -0.15) is 0 Å². The quantitative estimate of drug-likeness (QED) is 0.882. The summed E-state index contributed by atoms with van der Waals surface area (Å²) < 4.78 is 0. The second-order valence-corrected chi connectivity index (χ2v) is 5.70. The van der Waals surface area contributed by atoms with Crippen molar-refractivity contribution in [1.82, 2.24) is 10.6 Å². The molecule has 1 atom stereocenters. The molecule has 0 aliphatic carbocycles. The van der Waals surface area contributed by atoms with Crippen molar-refractivity contribution in [2.45, 2.75) is 25.3 Å². The van der Waals surface area contributed by atoms with E-state index in [-0.39, 0.29) is 36.2 Å². The molecule has 0 bridgehead atoms. The van der Waals surface area contributed by atoms with Crippen LogP contribution in [0.15, 0.2) is 30.3 Å². The van der Waals surface area contributed by atoms with Gasteiger partial charge in [0.1, 0.15) is 6.04 Å². The van der Waals surface area contributed by atoms with Crippen molar-refractivity contribution in [3.05, 3.63) is 30.3 Å². The molecule has 0 radical (unpaired) electrons. The van der Waals surface area contributed by atoms with Gasteiger partial charge in [-0.15, -0.1) is 12.4 Å². The number of rotatable bonds is 3. The zero-order chi connectivity index (χ0) is 14.7. The van der Waals surface area contributed by atoms with Crippen LogP contribution in [0.3, 0.4) is 0 Å². The Hall–Kier alpha value is -1.59. The Bertz CT molecular complexity index is 517. The standard InChI is InChI=1S/C16H21N3O2.ClH/c20-15(12-6-9-17-10-7-12)18-14-8-11-19(16(14)21)13-4-2-1-3-5-13;/h1-5,12,14,17H,6-11H2,(H,18,20);1H. The van der Waals surface area contributed by atoms with E-state index in [2.05, 4.69) is 10.6 Å². The van der Waals surface area contributed by atoms with Crippen molar-refractivity contribution in [3.8, 4) is 0 Å². The van der Waals surface area contributed by atoms with Crippen molar-refractivity contribution in [1.29, 1.82) is 0 Å². The minimum Gasteiger partial charge on any atom is -0.344 e. The molecule has 0 saturated carbocycles. The first-order valence-corrected chi connectivity index (χ1v) is 7.63. The van der Waals surface area contributed by atoms with E-state index in [4.69, 9.17) is 0 Å². The molecule has 2 saturated heterocycles. The summed E-state index contributed by atoms with van der Waals surface area (Å²) in [5.41, 5.74) is 0.904. The van der Waals surface area contributed by atoms with Gasteiger partial charge in [0.15, 0.2) is 0 Å². The summed E-state index contributed by atoms with van der Waals surface area (Å²) in [5.74, 6) is 0.0815. The van der Waals surface area contributed by atoms with Gasteiger partial charge in [-0.05, 0) is 44.5 Å². The van der Waals surface area contributed by atoms with Crippen LogP contribution in [0.1, 0.15) is 19.3 Å². The SMILES string of the molecule is Cl.O=C(NC1CCN(c2ccccc2)C1=O)C1CCNCC1. The predicted octanol–water partition coefficient (Wildman–Crippen LogP) is 1.33. The van der Waals surface area contributed by atoms with Crippen LogP contribution in [0, 0.1) is 5.92 Å². The summed E-state index contributed by atoms with van der Waals surface area (Å²) >= 11 is 0. The molecule has 1 aromatic rings. The Balaban J connectivity index is 0.00000176. The Morgan fingerprint density at radius 3 is 2.50 bits per heavy atom. The molecule has 2 aliphatic rings. The van der Waals surface area contributed by atoms with Crippen LogP contribution < -0.4 is 15.5 Å². The van der Waals surface area contributed by atoms with Gasteiger partial charge in [-0.3, -0.25) is 9.59 Å². The number of anilines is 1. The predicted molar refractivity (Wildman–Crippen MR) is 88.2 cm³/mol. The zero-order valence-electron chi connectivity index (χ0n) is 12.5. The minimum atomic E-state index is -0.368. The summed E-state index contributed by atoms with van der Waals surface area (Å²) in [6.45, 7) is 2.43. The average molecular weight is 324 g/mol. The molecule has 1 aromatic carbocycles. The first kappa shape index (κ1) is 16.8. The van der Waals surface area contributed by atoms with E-state index in [1.165, 1.54) is 0 Å². The summed E-state index contributed by atoms with van der Waals surface area (Å²) in [5, 5.41) is 6.19. The number of nitrogens with zero attached hydrogens (tertiary/aromatic N) is 1. The molecule has 120 valence electrons. The maximum atomic E-state index is 12.4. The molecule has 2 fully saturated rings. The normalized spacial score (nSPS) is 22.3. The van der Waals surface area contributed by atoms with Gasteiger partial charge in [-0.25, -0.2) is 0 Å². The van der Waals surface area contributed by atoms with Gasteiger partial charge in [0.25, 0.3) is 0 Å². The fraction of sp³-hybridized carbons (Fsp3) is 0.500. The molecule has 2 heterocycles. The third kappa shape index (κ3) is 3.59. The lowest BCUT2D eigenvalue weighted by Gasteiger charge is -2.23. The maximum Gasteiger partial charge on any atom is 0.249 e. The molecule has 0 aromatic heterocycles. The summed E-state index contributed by atoms with van der Waals surface area (Å²) in [4.78, 5) is 26.4. The number of amides is 2. The monoisotopic (exact) mass is 323 g/mol. The van der Waals surface area contributed by atoms with Gasteiger partial charge in [-0.1, -0.05) is 18.2 Å². The lowest BCUT2D eigenvalue weighted by Crippen LogP contribution is -2.46. The minimum absolute atomic E-state index is 0. The van der Waals surface area contributed by atoms with E-state index in [1.807, 2.05) is 30.3 Å². The van der Waals surface area contributed by atoms with Gasteiger partial charge in [0.2, 0.25) is 11.8 Å². The van der Waals surface area contributed by atoms with E-state index >= 15 is 0 Å². The van der Waals surface area contributed by atoms with Crippen LogP contribution in [0.2, 0.25) is 0 Å². The Morgan fingerprint density at radius 2 is 1.82 bits per heavy atom. The lowest BCUT2D eigenvalue weighted by atomic mass is 9.97. The highest BCUT2D eigenvalue weighted by molar-refractivity contribution is 6.01. The van der Waals surface area contributed by atoms with Gasteiger partial charge in [0.05, 0.1) is 0 Å². The molecule has 2 N–H and O–H groups in total. The van der Waals surface area contributed by atoms with E-state index in [9.17, 15) is 9.59 Å². The van der Waals surface area contributed by atoms with Crippen LogP contribution in [0.5, 0.6) is 0 Å². The molecule has 1 unspecified atom stereocenters. The van der Waals surface area contributed by atoms with Crippen LogP contribution in [-0.4, -0.2) is 37.5 Å². The molecule has 0 spiro atoms. The van der Waals surface area contributed by atoms with E-state index in [0.29, 0.717) is 13.0 Å². The number of para-hydroxylation sites is 1. The lowest BCUT2D eigenvalue weighted by molar-refractivity contribution is -0.129. The van der Waals surface area contributed by atoms with E-state index in [1.54, 1.807) is 4.90 Å². The number of hydrogen-bond acceptors (Lipinski definition) is 3. The highest BCUT2D eigenvalue weighted by atomic mass is 35.5. The smallest absolute Gasteiger partial charge is 0.249 e. The highest BCUT2D eigenvalue weighted by Crippen LogP contribution is 2.21. The summed E-state index contributed by atoms with van der Waals surface area (Å²) in [7, 11) is 0. The number of carbonyl (C=O) groups excluding carboxylic acids is 2. The van der Waals surface area contributed by atoms with Crippen molar-refractivity contribution in [2.75, 3.05) is 24.5 Å². The van der Waals surface area contributed by atoms with Crippen molar-refractivity contribution in [3.63, 3.8) is 0 Å². The van der Waals surface area contributed by atoms with Gasteiger partial charge in [0, 0.05) is 18.2 Å². The Morgan fingerprint density at radius 1 is 1.14 bits per heavy atom. The van der Waals surface area contributed by atoms with Crippen LogP contribution in [0.4, 0.5) is 5.69 Å². The largest absolute Gasteiger partial charge is 0.344 e.